The fourth-order valence-electron chi connectivity index (χ4n) is 1.61. The zero-order valence-corrected chi connectivity index (χ0v) is 11.9. The van der Waals surface area contributed by atoms with E-state index >= 15 is 0 Å². The molecule has 0 aromatic heterocycles. The molecule has 22 heavy (non-hydrogen) atoms. The predicted molar refractivity (Wildman–Crippen MR) is 76.7 cm³/mol. The minimum atomic E-state index is -0.925. The number of amides is 1. The molecule has 0 radical (unpaired) electrons. The van der Waals surface area contributed by atoms with Crippen LogP contribution in [0.3, 0.4) is 0 Å². The summed E-state index contributed by atoms with van der Waals surface area (Å²) in [6.45, 7) is -0.624. The van der Waals surface area contributed by atoms with Crippen molar-refractivity contribution in [2.24, 2.45) is 0 Å². The molecule has 1 amide bonds. The molecule has 0 fully saturated rings. The van der Waals surface area contributed by atoms with Crippen molar-refractivity contribution in [1.29, 1.82) is 0 Å². The average Bonchev–Trinajstić information content (AvgIpc) is 2.48. The van der Waals surface area contributed by atoms with E-state index in [1.54, 1.807) is 12.1 Å². The Bertz CT molecular complexity index is 722. The number of esters is 1. The summed E-state index contributed by atoms with van der Waals surface area (Å²) in [4.78, 5) is 23.3. The van der Waals surface area contributed by atoms with Gasteiger partial charge in [0.05, 0.1) is 16.3 Å². The Hall–Kier alpha value is -2.47. The molecule has 2 aromatic carbocycles. The van der Waals surface area contributed by atoms with E-state index < -0.39 is 30.1 Å². The number of rotatable bonds is 4. The molecule has 0 aliphatic heterocycles. The Balaban J connectivity index is 1.93. The van der Waals surface area contributed by atoms with Crippen LogP contribution in [0.2, 0.25) is 5.02 Å². The number of halogens is 3. The summed E-state index contributed by atoms with van der Waals surface area (Å²) in [5.41, 5.74) is -0.0925. The van der Waals surface area contributed by atoms with Gasteiger partial charge in [-0.2, -0.15) is 0 Å². The van der Waals surface area contributed by atoms with E-state index in [4.69, 9.17) is 16.3 Å². The van der Waals surface area contributed by atoms with E-state index in [2.05, 4.69) is 5.32 Å². The van der Waals surface area contributed by atoms with Crippen molar-refractivity contribution in [3.05, 3.63) is 64.7 Å². The van der Waals surface area contributed by atoms with Crippen LogP contribution in [0.15, 0.2) is 42.5 Å². The predicted octanol–water partition coefficient (Wildman–Crippen LogP) is 3.41. The van der Waals surface area contributed by atoms with Crippen molar-refractivity contribution in [2.75, 3.05) is 11.9 Å². The number of nitrogens with one attached hydrogen (secondary N) is 1. The van der Waals surface area contributed by atoms with Gasteiger partial charge in [-0.15, -0.1) is 0 Å². The van der Waals surface area contributed by atoms with Gasteiger partial charge in [0.2, 0.25) is 0 Å². The van der Waals surface area contributed by atoms with Crippen molar-refractivity contribution in [2.45, 2.75) is 0 Å². The van der Waals surface area contributed by atoms with Gasteiger partial charge in [0.1, 0.15) is 11.6 Å². The lowest BCUT2D eigenvalue weighted by Gasteiger charge is -2.08. The number of carbonyl (C=O) groups excluding carboxylic acids is 2. The maximum atomic E-state index is 13.3. The minimum absolute atomic E-state index is 0.116. The van der Waals surface area contributed by atoms with Crippen molar-refractivity contribution < 1.29 is 23.1 Å². The minimum Gasteiger partial charge on any atom is -0.452 e. The SMILES string of the molecule is O=C(COC(=O)c1ccccc1Cl)Nc1ccc(F)cc1F. The zero-order chi connectivity index (χ0) is 16.1. The van der Waals surface area contributed by atoms with Gasteiger partial charge in [-0.25, -0.2) is 13.6 Å². The van der Waals surface area contributed by atoms with Gasteiger partial charge in [-0.1, -0.05) is 23.7 Å². The summed E-state index contributed by atoms with van der Waals surface area (Å²) in [5, 5.41) is 2.36. The van der Waals surface area contributed by atoms with Gasteiger partial charge in [-0.05, 0) is 24.3 Å². The summed E-state index contributed by atoms with van der Waals surface area (Å²) in [6.07, 6.45) is 0. The molecule has 2 rings (SSSR count). The quantitative estimate of drug-likeness (QED) is 0.876. The molecule has 0 saturated heterocycles. The van der Waals surface area contributed by atoms with Crippen LogP contribution in [0.1, 0.15) is 10.4 Å². The molecular formula is C15H10ClF2NO3. The molecule has 7 heteroatoms. The highest BCUT2D eigenvalue weighted by atomic mass is 35.5. The van der Waals surface area contributed by atoms with Crippen LogP contribution in [0.5, 0.6) is 0 Å². The highest BCUT2D eigenvalue weighted by molar-refractivity contribution is 6.33. The van der Waals surface area contributed by atoms with Crippen molar-refractivity contribution in [1.82, 2.24) is 0 Å². The van der Waals surface area contributed by atoms with Gasteiger partial charge < -0.3 is 10.1 Å². The van der Waals surface area contributed by atoms with Gasteiger partial charge in [0.25, 0.3) is 5.91 Å². The third-order valence-corrected chi connectivity index (χ3v) is 2.96. The van der Waals surface area contributed by atoms with Crippen LogP contribution < -0.4 is 5.32 Å². The Kier molecular flexibility index (Phi) is 5.06. The molecule has 1 N–H and O–H groups in total. The topological polar surface area (TPSA) is 55.4 Å². The normalized spacial score (nSPS) is 10.1. The Morgan fingerprint density at radius 2 is 1.86 bits per heavy atom. The summed E-state index contributed by atoms with van der Waals surface area (Å²) in [5.74, 6) is -3.22. The monoisotopic (exact) mass is 325 g/mol. The zero-order valence-electron chi connectivity index (χ0n) is 11.1. The van der Waals surface area contributed by atoms with E-state index in [1.807, 2.05) is 0 Å². The lowest BCUT2D eigenvalue weighted by Crippen LogP contribution is -2.21. The standard InChI is InChI=1S/C15H10ClF2NO3/c16-11-4-2-1-3-10(11)15(21)22-8-14(20)19-13-6-5-9(17)7-12(13)18/h1-7H,8H2,(H,19,20). The highest BCUT2D eigenvalue weighted by Gasteiger charge is 2.14. The summed E-state index contributed by atoms with van der Waals surface area (Å²) < 4.78 is 30.9. The fraction of sp³-hybridized carbons (Fsp3) is 0.0667. The van der Waals surface area contributed by atoms with Gasteiger partial charge in [-0.3, -0.25) is 4.79 Å². The third kappa shape index (κ3) is 4.02. The molecule has 0 spiro atoms. The number of carbonyl (C=O) groups is 2. The van der Waals surface area contributed by atoms with E-state index in [0.717, 1.165) is 12.1 Å². The maximum absolute atomic E-state index is 13.3. The second-order valence-corrected chi connectivity index (χ2v) is 4.64. The maximum Gasteiger partial charge on any atom is 0.340 e. The first-order valence-corrected chi connectivity index (χ1v) is 6.51. The number of hydrogen-bond acceptors (Lipinski definition) is 3. The average molecular weight is 326 g/mol. The second-order valence-electron chi connectivity index (χ2n) is 4.23. The highest BCUT2D eigenvalue weighted by Crippen LogP contribution is 2.17. The lowest BCUT2D eigenvalue weighted by molar-refractivity contribution is -0.119. The van der Waals surface area contributed by atoms with Gasteiger partial charge >= 0.3 is 5.97 Å². The van der Waals surface area contributed by atoms with Gasteiger partial charge in [0, 0.05) is 6.07 Å². The molecule has 0 aliphatic carbocycles. The first-order chi connectivity index (χ1) is 10.5. The smallest absolute Gasteiger partial charge is 0.340 e. The van der Waals surface area contributed by atoms with Crippen LogP contribution in [0.4, 0.5) is 14.5 Å². The van der Waals surface area contributed by atoms with Crippen molar-refractivity contribution in [3.63, 3.8) is 0 Å². The third-order valence-electron chi connectivity index (χ3n) is 2.63. The molecule has 0 heterocycles. The van der Waals surface area contributed by atoms with Gasteiger partial charge in [0.15, 0.2) is 6.61 Å². The molecule has 0 atom stereocenters. The van der Waals surface area contributed by atoms with Crippen LogP contribution in [-0.4, -0.2) is 18.5 Å². The van der Waals surface area contributed by atoms with E-state index in [0.29, 0.717) is 6.07 Å². The van der Waals surface area contributed by atoms with Crippen LogP contribution in [0, 0.1) is 11.6 Å². The lowest BCUT2D eigenvalue weighted by atomic mass is 10.2. The van der Waals surface area contributed by atoms with Crippen LogP contribution >= 0.6 is 11.6 Å². The number of anilines is 1. The Morgan fingerprint density at radius 3 is 2.55 bits per heavy atom. The Morgan fingerprint density at radius 1 is 1.14 bits per heavy atom. The van der Waals surface area contributed by atoms with E-state index in [-0.39, 0.29) is 16.3 Å². The summed E-state index contributed by atoms with van der Waals surface area (Å²) >= 11 is 5.81. The first-order valence-electron chi connectivity index (χ1n) is 6.14. The largest absolute Gasteiger partial charge is 0.452 e. The number of hydrogen-bond donors (Lipinski definition) is 1. The first kappa shape index (κ1) is 15.9. The van der Waals surface area contributed by atoms with Crippen LogP contribution in [0.25, 0.3) is 0 Å². The van der Waals surface area contributed by atoms with Crippen LogP contribution in [-0.2, 0) is 9.53 Å². The molecule has 0 bridgehead atoms. The molecule has 4 nitrogen and oxygen atoms in total. The number of benzene rings is 2. The van der Waals surface area contributed by atoms with E-state index in [9.17, 15) is 18.4 Å². The molecule has 0 aliphatic rings. The summed E-state index contributed by atoms with van der Waals surface area (Å²) in [6, 6.07) is 8.88. The van der Waals surface area contributed by atoms with Crippen molar-refractivity contribution >= 4 is 29.2 Å². The second kappa shape index (κ2) is 7.00. The molecule has 2 aromatic rings. The molecule has 0 unspecified atom stereocenters. The molecule has 114 valence electrons. The summed E-state index contributed by atoms with van der Waals surface area (Å²) in [7, 11) is 0. The van der Waals surface area contributed by atoms with Crippen molar-refractivity contribution in [3.8, 4) is 0 Å². The van der Waals surface area contributed by atoms with E-state index in [1.165, 1.54) is 12.1 Å². The Labute approximate surface area is 129 Å². The molecule has 0 saturated carbocycles. The number of ether oxygens (including phenoxy) is 1. The fourth-order valence-corrected chi connectivity index (χ4v) is 1.83. The molecular weight excluding hydrogens is 316 g/mol.